The standard InChI is InChI=1S/C22H28N4O2/c1-16-14-21(28-20-6-4-3-5-7-20)24-22(23-16)18-8-11-26(15-18)19-9-12-25(13-10-19)17(2)27/h3-7,14,18-19H,8-13,15H2,1-2H3/t18-/m1/s1. The monoisotopic (exact) mass is 380 g/mol. The number of piperidine rings is 1. The van der Waals surface area contributed by atoms with E-state index in [2.05, 4.69) is 4.90 Å². The molecule has 1 aromatic carbocycles. The third-order valence-electron chi connectivity index (χ3n) is 5.82. The predicted octanol–water partition coefficient (Wildman–Crippen LogP) is 3.38. The Labute approximate surface area is 166 Å². The summed E-state index contributed by atoms with van der Waals surface area (Å²) < 4.78 is 5.93. The van der Waals surface area contributed by atoms with Crippen LogP contribution < -0.4 is 4.74 Å². The molecule has 2 aromatic rings. The lowest BCUT2D eigenvalue weighted by atomic mass is 10.0. The van der Waals surface area contributed by atoms with Crippen molar-refractivity contribution in [1.29, 1.82) is 0 Å². The van der Waals surface area contributed by atoms with E-state index in [0.29, 0.717) is 17.8 Å². The molecule has 0 spiro atoms. The van der Waals surface area contributed by atoms with Crippen molar-refractivity contribution >= 4 is 5.91 Å². The van der Waals surface area contributed by atoms with Crippen LogP contribution in [0.2, 0.25) is 0 Å². The van der Waals surface area contributed by atoms with Gasteiger partial charge in [0.25, 0.3) is 0 Å². The predicted molar refractivity (Wildman–Crippen MR) is 107 cm³/mol. The van der Waals surface area contributed by atoms with Gasteiger partial charge in [-0.15, -0.1) is 0 Å². The highest BCUT2D eigenvalue weighted by molar-refractivity contribution is 5.73. The van der Waals surface area contributed by atoms with Crippen LogP contribution in [0.4, 0.5) is 0 Å². The number of amides is 1. The normalized spacial score (nSPS) is 21.1. The average molecular weight is 380 g/mol. The fourth-order valence-corrected chi connectivity index (χ4v) is 4.28. The Morgan fingerprint density at radius 3 is 2.54 bits per heavy atom. The zero-order valence-electron chi connectivity index (χ0n) is 16.7. The Kier molecular flexibility index (Phi) is 5.57. The highest BCUT2D eigenvalue weighted by atomic mass is 16.5. The van der Waals surface area contributed by atoms with Gasteiger partial charge in [0.15, 0.2) is 0 Å². The van der Waals surface area contributed by atoms with E-state index < -0.39 is 0 Å². The molecule has 28 heavy (non-hydrogen) atoms. The zero-order valence-corrected chi connectivity index (χ0v) is 16.7. The lowest BCUT2D eigenvalue weighted by molar-refractivity contribution is -0.130. The molecule has 0 bridgehead atoms. The molecule has 6 nitrogen and oxygen atoms in total. The van der Waals surface area contributed by atoms with Crippen LogP contribution in [0.5, 0.6) is 11.6 Å². The topological polar surface area (TPSA) is 58.6 Å². The van der Waals surface area contributed by atoms with Crippen LogP contribution in [0.15, 0.2) is 36.4 Å². The van der Waals surface area contributed by atoms with E-state index in [9.17, 15) is 4.79 Å². The van der Waals surface area contributed by atoms with Gasteiger partial charge in [0.1, 0.15) is 11.6 Å². The largest absolute Gasteiger partial charge is 0.439 e. The Balaban J connectivity index is 1.40. The van der Waals surface area contributed by atoms with E-state index in [1.807, 2.05) is 48.2 Å². The van der Waals surface area contributed by atoms with Crippen LogP contribution in [0.25, 0.3) is 0 Å². The smallest absolute Gasteiger partial charge is 0.222 e. The summed E-state index contributed by atoms with van der Waals surface area (Å²) in [5.41, 5.74) is 0.934. The minimum atomic E-state index is 0.192. The van der Waals surface area contributed by atoms with Gasteiger partial charge in [0.05, 0.1) is 0 Å². The number of aryl methyl sites for hydroxylation is 1. The molecule has 4 rings (SSSR count). The van der Waals surface area contributed by atoms with Gasteiger partial charge >= 0.3 is 0 Å². The number of rotatable bonds is 4. The molecule has 0 unspecified atom stereocenters. The number of nitrogens with zero attached hydrogens (tertiary/aromatic N) is 4. The first kappa shape index (κ1) is 18.9. The third kappa shape index (κ3) is 4.33. The number of para-hydroxylation sites is 1. The number of carbonyl (C=O) groups is 1. The lowest BCUT2D eigenvalue weighted by Gasteiger charge is -2.36. The summed E-state index contributed by atoms with van der Waals surface area (Å²) in [5.74, 6) is 2.81. The van der Waals surface area contributed by atoms with Crippen LogP contribution in [0.3, 0.4) is 0 Å². The highest BCUT2D eigenvalue weighted by Crippen LogP contribution is 2.31. The van der Waals surface area contributed by atoms with E-state index in [-0.39, 0.29) is 5.91 Å². The molecular formula is C22H28N4O2. The minimum absolute atomic E-state index is 0.192. The van der Waals surface area contributed by atoms with Crippen molar-refractivity contribution in [2.45, 2.75) is 45.1 Å². The van der Waals surface area contributed by atoms with Crippen LogP contribution in [-0.4, -0.2) is 57.9 Å². The summed E-state index contributed by atoms with van der Waals surface area (Å²) in [7, 11) is 0. The second kappa shape index (κ2) is 8.27. The Morgan fingerprint density at radius 2 is 1.82 bits per heavy atom. The first-order valence-corrected chi connectivity index (χ1v) is 10.2. The number of hydrogen-bond donors (Lipinski definition) is 0. The SMILES string of the molecule is CC(=O)N1CCC(N2CC[C@@H](c3nc(C)cc(Oc4ccccc4)n3)C2)CC1. The van der Waals surface area contributed by atoms with Crippen molar-refractivity contribution in [2.24, 2.45) is 0 Å². The van der Waals surface area contributed by atoms with Gasteiger partial charge in [-0.05, 0) is 44.9 Å². The Bertz CT molecular complexity index is 819. The molecule has 2 saturated heterocycles. The van der Waals surface area contributed by atoms with E-state index in [1.165, 1.54) is 0 Å². The van der Waals surface area contributed by atoms with Crippen molar-refractivity contribution < 1.29 is 9.53 Å². The van der Waals surface area contributed by atoms with Gasteiger partial charge in [-0.25, -0.2) is 4.98 Å². The van der Waals surface area contributed by atoms with Crippen molar-refractivity contribution in [1.82, 2.24) is 19.8 Å². The number of ether oxygens (including phenoxy) is 1. The fourth-order valence-electron chi connectivity index (χ4n) is 4.28. The summed E-state index contributed by atoms with van der Waals surface area (Å²) in [4.78, 5) is 25.5. The molecule has 6 heteroatoms. The third-order valence-corrected chi connectivity index (χ3v) is 5.82. The van der Waals surface area contributed by atoms with Crippen LogP contribution in [0, 0.1) is 6.92 Å². The first-order chi connectivity index (χ1) is 13.6. The molecule has 2 fully saturated rings. The molecule has 0 saturated carbocycles. The average Bonchev–Trinajstić information content (AvgIpc) is 3.19. The van der Waals surface area contributed by atoms with E-state index in [4.69, 9.17) is 14.7 Å². The van der Waals surface area contributed by atoms with Gasteiger partial charge in [-0.3, -0.25) is 9.69 Å². The molecule has 148 valence electrons. The van der Waals surface area contributed by atoms with Gasteiger partial charge in [0.2, 0.25) is 11.8 Å². The number of carbonyl (C=O) groups excluding carboxylic acids is 1. The maximum Gasteiger partial charge on any atom is 0.222 e. The van der Waals surface area contributed by atoms with Crippen molar-refractivity contribution in [3.05, 3.63) is 47.9 Å². The Hall–Kier alpha value is -2.47. The molecule has 0 aliphatic carbocycles. The van der Waals surface area contributed by atoms with Crippen molar-refractivity contribution in [3.63, 3.8) is 0 Å². The number of benzene rings is 1. The summed E-state index contributed by atoms with van der Waals surface area (Å²) >= 11 is 0. The molecule has 1 atom stereocenters. The lowest BCUT2D eigenvalue weighted by Crippen LogP contribution is -2.45. The van der Waals surface area contributed by atoms with E-state index in [1.54, 1.807) is 6.92 Å². The molecule has 2 aliphatic heterocycles. The minimum Gasteiger partial charge on any atom is -0.439 e. The molecule has 1 aromatic heterocycles. The van der Waals surface area contributed by atoms with Gasteiger partial charge in [-0.2, -0.15) is 4.98 Å². The summed E-state index contributed by atoms with van der Waals surface area (Å²) in [6.45, 7) is 7.46. The number of hydrogen-bond acceptors (Lipinski definition) is 5. The highest BCUT2D eigenvalue weighted by Gasteiger charge is 2.33. The van der Waals surface area contributed by atoms with Crippen molar-refractivity contribution in [3.8, 4) is 11.6 Å². The summed E-state index contributed by atoms with van der Waals surface area (Å²) in [5, 5.41) is 0. The van der Waals surface area contributed by atoms with Crippen LogP contribution in [-0.2, 0) is 4.79 Å². The fraction of sp³-hybridized carbons (Fsp3) is 0.500. The van der Waals surface area contributed by atoms with Crippen molar-refractivity contribution in [2.75, 3.05) is 26.2 Å². The molecular weight excluding hydrogens is 352 g/mol. The molecule has 3 heterocycles. The number of aromatic nitrogens is 2. The van der Waals surface area contributed by atoms with E-state index in [0.717, 1.165) is 62.7 Å². The second-order valence-electron chi connectivity index (χ2n) is 7.84. The first-order valence-electron chi connectivity index (χ1n) is 10.2. The van der Waals surface area contributed by atoms with E-state index >= 15 is 0 Å². The Morgan fingerprint density at radius 1 is 1.07 bits per heavy atom. The molecule has 0 N–H and O–H groups in total. The number of likely N-dealkylation sites (tertiary alicyclic amines) is 2. The van der Waals surface area contributed by atoms with Crippen LogP contribution >= 0.6 is 0 Å². The zero-order chi connectivity index (χ0) is 19.5. The molecule has 2 aliphatic rings. The summed E-state index contributed by atoms with van der Waals surface area (Å²) in [6.07, 6.45) is 3.19. The van der Waals surface area contributed by atoms with Gasteiger partial charge < -0.3 is 9.64 Å². The van der Waals surface area contributed by atoms with Gasteiger partial charge in [-0.1, -0.05) is 18.2 Å². The summed E-state index contributed by atoms with van der Waals surface area (Å²) in [6, 6.07) is 12.2. The maximum absolute atomic E-state index is 11.5. The molecule has 1 amide bonds. The van der Waals surface area contributed by atoms with Crippen LogP contribution in [0.1, 0.15) is 43.6 Å². The quantitative estimate of drug-likeness (QED) is 0.814. The second-order valence-corrected chi connectivity index (χ2v) is 7.84. The molecule has 0 radical (unpaired) electrons. The maximum atomic E-state index is 11.5. The van der Waals surface area contributed by atoms with Gasteiger partial charge in [0, 0.05) is 50.3 Å².